The van der Waals surface area contributed by atoms with Crippen LogP contribution in [0.3, 0.4) is 0 Å². The summed E-state index contributed by atoms with van der Waals surface area (Å²) in [5.74, 6) is 0.550. The molecular weight excluding hydrogens is 238 g/mol. The maximum atomic E-state index is 9.30. The van der Waals surface area contributed by atoms with Gasteiger partial charge in [0.25, 0.3) is 0 Å². The monoisotopic (exact) mass is 259 g/mol. The third kappa shape index (κ3) is 3.25. The largest absolute Gasteiger partial charge is 0.396 e. The molecule has 1 unspecified atom stereocenters. The first-order chi connectivity index (χ1) is 9.28. The van der Waals surface area contributed by atoms with Crippen LogP contribution in [0.1, 0.15) is 24.0 Å². The van der Waals surface area contributed by atoms with Gasteiger partial charge in [0, 0.05) is 26.2 Å². The van der Waals surface area contributed by atoms with Crippen LogP contribution in [0.4, 0.5) is 5.69 Å². The van der Waals surface area contributed by atoms with Crippen LogP contribution in [0.2, 0.25) is 0 Å². The van der Waals surface area contributed by atoms with Gasteiger partial charge in [0.15, 0.2) is 0 Å². The fourth-order valence-corrected chi connectivity index (χ4v) is 2.73. The number of nitrogens with one attached hydrogen (secondary N) is 1. The molecule has 102 valence electrons. The smallest absolute Gasteiger partial charge is 0.101 e. The predicted octanol–water partition coefficient (Wildman–Crippen LogP) is 1.49. The Hall–Kier alpha value is -1.57. The van der Waals surface area contributed by atoms with Gasteiger partial charge in [-0.3, -0.25) is 0 Å². The molecule has 1 aromatic carbocycles. The number of rotatable bonds is 5. The van der Waals surface area contributed by atoms with Gasteiger partial charge in [-0.25, -0.2) is 0 Å². The minimum absolute atomic E-state index is 0.255. The van der Waals surface area contributed by atoms with E-state index in [9.17, 15) is 5.26 Å². The lowest BCUT2D eigenvalue weighted by Gasteiger charge is -2.20. The van der Waals surface area contributed by atoms with Crippen molar-refractivity contribution in [3.05, 3.63) is 29.3 Å². The zero-order valence-electron chi connectivity index (χ0n) is 11.4. The molecule has 1 fully saturated rings. The van der Waals surface area contributed by atoms with Crippen molar-refractivity contribution in [3.8, 4) is 6.07 Å². The molecule has 0 amide bonds. The highest BCUT2D eigenvalue weighted by molar-refractivity contribution is 5.61. The molecule has 1 saturated heterocycles. The first-order valence-electron chi connectivity index (χ1n) is 6.82. The third-order valence-corrected chi connectivity index (χ3v) is 3.73. The van der Waals surface area contributed by atoms with Crippen LogP contribution >= 0.6 is 0 Å². The summed E-state index contributed by atoms with van der Waals surface area (Å²) in [4.78, 5) is 2.27. The maximum Gasteiger partial charge on any atom is 0.101 e. The van der Waals surface area contributed by atoms with Gasteiger partial charge >= 0.3 is 0 Å². The van der Waals surface area contributed by atoms with E-state index in [2.05, 4.69) is 22.4 Å². The number of hydrogen-bond donors (Lipinski definition) is 2. The summed E-state index contributed by atoms with van der Waals surface area (Å²) in [5.41, 5.74) is 2.91. The lowest BCUT2D eigenvalue weighted by molar-refractivity contribution is 0.263. The van der Waals surface area contributed by atoms with Crippen LogP contribution in [0.15, 0.2) is 18.2 Å². The second kappa shape index (κ2) is 6.55. The molecule has 2 N–H and O–H groups in total. The van der Waals surface area contributed by atoms with Crippen molar-refractivity contribution in [3.63, 3.8) is 0 Å². The summed E-state index contributed by atoms with van der Waals surface area (Å²) in [7, 11) is 1.90. The van der Waals surface area contributed by atoms with Gasteiger partial charge in [0.05, 0.1) is 11.3 Å². The van der Waals surface area contributed by atoms with Crippen LogP contribution in [0, 0.1) is 17.2 Å². The van der Waals surface area contributed by atoms with Gasteiger partial charge in [0.2, 0.25) is 0 Å². The Morgan fingerprint density at radius 2 is 2.37 bits per heavy atom. The Morgan fingerprint density at radius 1 is 1.53 bits per heavy atom. The van der Waals surface area contributed by atoms with E-state index in [0.29, 0.717) is 5.92 Å². The van der Waals surface area contributed by atoms with E-state index < -0.39 is 0 Å². The normalized spacial score (nSPS) is 18.6. The van der Waals surface area contributed by atoms with E-state index in [1.807, 2.05) is 19.2 Å². The molecule has 0 saturated carbocycles. The Morgan fingerprint density at radius 3 is 3.05 bits per heavy atom. The highest BCUT2D eigenvalue weighted by atomic mass is 16.3. The maximum absolute atomic E-state index is 9.30. The number of nitriles is 1. The second-order valence-corrected chi connectivity index (χ2v) is 5.11. The Labute approximate surface area is 114 Å². The summed E-state index contributed by atoms with van der Waals surface area (Å²) < 4.78 is 0. The van der Waals surface area contributed by atoms with Crippen LogP contribution < -0.4 is 10.2 Å². The number of benzene rings is 1. The standard InChI is InChI=1S/C15H21N3O/c1-17-10-13-2-3-15(14(8-13)9-16)18-6-4-12(11-18)5-7-19/h2-3,8,12,17,19H,4-7,10-11H2,1H3. The third-order valence-electron chi connectivity index (χ3n) is 3.73. The summed E-state index contributed by atoms with van der Waals surface area (Å²) in [6.45, 7) is 2.96. The molecule has 1 heterocycles. The molecule has 0 spiro atoms. The van der Waals surface area contributed by atoms with Crippen molar-refractivity contribution in [1.29, 1.82) is 5.26 Å². The molecule has 2 rings (SSSR count). The Kier molecular flexibility index (Phi) is 4.78. The number of anilines is 1. The van der Waals surface area contributed by atoms with Gasteiger partial charge in [-0.15, -0.1) is 0 Å². The molecule has 19 heavy (non-hydrogen) atoms. The summed E-state index contributed by atoms with van der Waals surface area (Å²) >= 11 is 0. The lowest BCUT2D eigenvalue weighted by Crippen LogP contribution is -2.21. The Bertz CT molecular complexity index is 467. The minimum Gasteiger partial charge on any atom is -0.396 e. The number of nitrogens with zero attached hydrogens (tertiary/aromatic N) is 2. The fraction of sp³-hybridized carbons (Fsp3) is 0.533. The molecule has 1 atom stereocenters. The van der Waals surface area contributed by atoms with Crippen LogP contribution in [0.5, 0.6) is 0 Å². The zero-order chi connectivity index (χ0) is 13.7. The van der Waals surface area contributed by atoms with E-state index in [4.69, 9.17) is 5.11 Å². The molecule has 0 aliphatic carbocycles. The number of aliphatic hydroxyl groups excluding tert-OH is 1. The quantitative estimate of drug-likeness (QED) is 0.841. The fourth-order valence-electron chi connectivity index (χ4n) is 2.73. The number of aliphatic hydroxyl groups is 1. The Balaban J connectivity index is 2.14. The van der Waals surface area contributed by atoms with Crippen LogP contribution in [-0.4, -0.2) is 31.9 Å². The predicted molar refractivity (Wildman–Crippen MR) is 75.9 cm³/mol. The van der Waals surface area contributed by atoms with Crippen molar-refractivity contribution >= 4 is 5.69 Å². The van der Waals surface area contributed by atoms with Crippen molar-refractivity contribution in [1.82, 2.24) is 5.32 Å². The summed E-state index contributed by atoms with van der Waals surface area (Å²) in [5, 5.41) is 21.4. The highest BCUT2D eigenvalue weighted by Crippen LogP contribution is 2.28. The topological polar surface area (TPSA) is 59.3 Å². The van der Waals surface area contributed by atoms with E-state index in [1.165, 1.54) is 0 Å². The van der Waals surface area contributed by atoms with E-state index in [-0.39, 0.29) is 6.61 Å². The van der Waals surface area contributed by atoms with Gasteiger partial charge in [-0.05, 0) is 43.5 Å². The van der Waals surface area contributed by atoms with Gasteiger partial charge in [-0.1, -0.05) is 6.07 Å². The van der Waals surface area contributed by atoms with E-state index in [1.54, 1.807) is 0 Å². The highest BCUT2D eigenvalue weighted by Gasteiger charge is 2.23. The molecule has 0 aromatic heterocycles. The molecule has 0 bridgehead atoms. The molecule has 4 nitrogen and oxygen atoms in total. The zero-order valence-corrected chi connectivity index (χ0v) is 11.4. The molecule has 1 aliphatic heterocycles. The van der Waals surface area contributed by atoms with Crippen LogP contribution in [0.25, 0.3) is 0 Å². The first-order valence-corrected chi connectivity index (χ1v) is 6.82. The second-order valence-electron chi connectivity index (χ2n) is 5.11. The molecular formula is C15H21N3O. The number of hydrogen-bond acceptors (Lipinski definition) is 4. The average molecular weight is 259 g/mol. The lowest BCUT2D eigenvalue weighted by atomic mass is 10.1. The summed E-state index contributed by atoms with van der Waals surface area (Å²) in [6.07, 6.45) is 1.96. The minimum atomic E-state index is 0.255. The summed E-state index contributed by atoms with van der Waals surface area (Å²) in [6, 6.07) is 8.39. The van der Waals surface area contributed by atoms with Crippen molar-refractivity contribution in [2.75, 3.05) is 31.6 Å². The van der Waals surface area contributed by atoms with E-state index in [0.717, 1.165) is 49.3 Å². The van der Waals surface area contributed by atoms with Crippen LogP contribution in [-0.2, 0) is 6.54 Å². The molecule has 1 aromatic rings. The average Bonchev–Trinajstić information content (AvgIpc) is 2.88. The molecule has 4 heteroatoms. The van der Waals surface area contributed by atoms with Crippen molar-refractivity contribution < 1.29 is 5.11 Å². The SMILES string of the molecule is CNCc1ccc(N2CCC(CCO)C2)c(C#N)c1. The van der Waals surface area contributed by atoms with E-state index >= 15 is 0 Å². The van der Waals surface area contributed by atoms with Gasteiger partial charge in [0.1, 0.15) is 6.07 Å². The van der Waals surface area contributed by atoms with Gasteiger partial charge in [-0.2, -0.15) is 5.26 Å². The van der Waals surface area contributed by atoms with Crippen molar-refractivity contribution in [2.45, 2.75) is 19.4 Å². The van der Waals surface area contributed by atoms with Crippen molar-refractivity contribution in [2.24, 2.45) is 5.92 Å². The molecule has 1 aliphatic rings. The van der Waals surface area contributed by atoms with Gasteiger partial charge < -0.3 is 15.3 Å². The first kappa shape index (κ1) is 13.9. The molecule has 0 radical (unpaired) electrons.